The van der Waals surface area contributed by atoms with Crippen LogP contribution in [0.1, 0.15) is 11.4 Å². The summed E-state index contributed by atoms with van der Waals surface area (Å²) in [5, 5.41) is 3.08. The van der Waals surface area contributed by atoms with Crippen LogP contribution >= 0.6 is 0 Å². The van der Waals surface area contributed by atoms with Gasteiger partial charge in [0.05, 0.1) is 7.11 Å². The molecular weight excluding hydrogens is 374 g/mol. The topological polar surface area (TPSA) is 121 Å². The zero-order valence-corrected chi connectivity index (χ0v) is 16.1. The summed E-state index contributed by atoms with van der Waals surface area (Å²) >= 11 is 0. The van der Waals surface area contributed by atoms with Crippen molar-refractivity contribution in [3.05, 3.63) is 59.9 Å². The Hall–Kier alpha value is -3.88. The molecule has 0 aliphatic rings. The average Bonchev–Trinajstić information content (AvgIpc) is 2.72. The molecule has 0 saturated carbocycles. The summed E-state index contributed by atoms with van der Waals surface area (Å²) in [4.78, 5) is 24.2. The maximum absolute atomic E-state index is 11.9. The SMILES string of the molecule is COc1ccc(OCC(=O)OCc2nc(N)nc(Nc3ccccc3C)n2)cc1. The van der Waals surface area contributed by atoms with Gasteiger partial charge in [0.2, 0.25) is 11.9 Å². The van der Waals surface area contributed by atoms with Crippen molar-refractivity contribution in [2.24, 2.45) is 0 Å². The number of para-hydroxylation sites is 1. The lowest BCUT2D eigenvalue weighted by molar-refractivity contribution is -0.147. The second kappa shape index (κ2) is 9.36. The summed E-state index contributed by atoms with van der Waals surface area (Å²) in [6, 6.07) is 14.5. The van der Waals surface area contributed by atoms with Gasteiger partial charge in [0.25, 0.3) is 0 Å². The number of hydrogen-bond donors (Lipinski definition) is 2. The van der Waals surface area contributed by atoms with Crippen molar-refractivity contribution in [3.63, 3.8) is 0 Å². The largest absolute Gasteiger partial charge is 0.497 e. The van der Waals surface area contributed by atoms with Crippen molar-refractivity contribution in [2.45, 2.75) is 13.5 Å². The van der Waals surface area contributed by atoms with Crippen LogP contribution in [-0.2, 0) is 16.1 Å². The maximum Gasteiger partial charge on any atom is 0.344 e. The van der Waals surface area contributed by atoms with Gasteiger partial charge in [-0.25, -0.2) is 4.79 Å². The second-order valence-corrected chi connectivity index (χ2v) is 6.00. The number of carbonyl (C=O) groups is 1. The third kappa shape index (κ3) is 5.80. The van der Waals surface area contributed by atoms with Gasteiger partial charge in [0.1, 0.15) is 11.5 Å². The highest BCUT2D eigenvalue weighted by Crippen LogP contribution is 2.18. The molecular formula is C20H21N5O4. The molecule has 9 heteroatoms. The predicted molar refractivity (Wildman–Crippen MR) is 107 cm³/mol. The molecule has 0 amide bonds. The van der Waals surface area contributed by atoms with E-state index in [4.69, 9.17) is 19.9 Å². The highest BCUT2D eigenvalue weighted by Gasteiger charge is 2.10. The van der Waals surface area contributed by atoms with E-state index in [1.165, 1.54) is 0 Å². The summed E-state index contributed by atoms with van der Waals surface area (Å²) in [7, 11) is 1.57. The minimum atomic E-state index is -0.562. The monoisotopic (exact) mass is 395 g/mol. The van der Waals surface area contributed by atoms with E-state index in [0.717, 1.165) is 11.3 Å². The number of aryl methyl sites for hydroxylation is 1. The molecule has 2 aromatic carbocycles. The van der Waals surface area contributed by atoms with E-state index >= 15 is 0 Å². The first kappa shape index (κ1) is 19.9. The molecule has 0 spiro atoms. The summed E-state index contributed by atoms with van der Waals surface area (Å²) in [6.45, 7) is 1.56. The molecule has 0 saturated heterocycles. The lowest BCUT2D eigenvalue weighted by Gasteiger charge is -2.10. The number of esters is 1. The highest BCUT2D eigenvalue weighted by atomic mass is 16.6. The summed E-state index contributed by atoms with van der Waals surface area (Å²) < 4.78 is 15.6. The van der Waals surface area contributed by atoms with Gasteiger partial charge in [-0.2, -0.15) is 15.0 Å². The number of ether oxygens (including phenoxy) is 3. The molecule has 0 bridgehead atoms. The van der Waals surface area contributed by atoms with Crippen molar-refractivity contribution in [2.75, 3.05) is 24.8 Å². The zero-order chi connectivity index (χ0) is 20.6. The van der Waals surface area contributed by atoms with Crippen LogP contribution in [0.4, 0.5) is 17.6 Å². The van der Waals surface area contributed by atoms with E-state index in [0.29, 0.717) is 11.5 Å². The van der Waals surface area contributed by atoms with E-state index in [2.05, 4.69) is 20.3 Å². The first-order chi connectivity index (χ1) is 14.0. The second-order valence-electron chi connectivity index (χ2n) is 6.00. The molecule has 0 atom stereocenters. The molecule has 0 radical (unpaired) electrons. The third-order valence-electron chi connectivity index (χ3n) is 3.87. The normalized spacial score (nSPS) is 10.3. The molecule has 9 nitrogen and oxygen atoms in total. The van der Waals surface area contributed by atoms with Crippen molar-refractivity contribution < 1.29 is 19.0 Å². The highest BCUT2D eigenvalue weighted by molar-refractivity contribution is 5.71. The molecule has 1 aromatic heterocycles. The van der Waals surface area contributed by atoms with Gasteiger partial charge in [-0.05, 0) is 42.8 Å². The number of carbonyl (C=O) groups excluding carboxylic acids is 1. The smallest absolute Gasteiger partial charge is 0.344 e. The summed E-state index contributed by atoms with van der Waals surface area (Å²) in [5.41, 5.74) is 7.60. The van der Waals surface area contributed by atoms with Crippen LogP contribution < -0.4 is 20.5 Å². The molecule has 3 N–H and O–H groups in total. The van der Waals surface area contributed by atoms with Crippen LogP contribution in [0.15, 0.2) is 48.5 Å². The minimum Gasteiger partial charge on any atom is -0.497 e. The first-order valence-electron chi connectivity index (χ1n) is 8.79. The van der Waals surface area contributed by atoms with Gasteiger partial charge in [-0.15, -0.1) is 0 Å². The quantitative estimate of drug-likeness (QED) is 0.554. The van der Waals surface area contributed by atoms with Gasteiger partial charge in [-0.1, -0.05) is 18.2 Å². The van der Waals surface area contributed by atoms with Crippen LogP contribution in [0.2, 0.25) is 0 Å². The molecule has 29 heavy (non-hydrogen) atoms. The first-order valence-corrected chi connectivity index (χ1v) is 8.79. The molecule has 3 aromatic rings. The lowest BCUT2D eigenvalue weighted by Crippen LogP contribution is -2.16. The van der Waals surface area contributed by atoms with Crippen molar-refractivity contribution in [1.29, 1.82) is 0 Å². The Morgan fingerprint density at radius 2 is 1.76 bits per heavy atom. The molecule has 1 heterocycles. The minimum absolute atomic E-state index is 0.0246. The number of rotatable bonds is 8. The molecule has 0 aliphatic carbocycles. The number of nitrogens with two attached hydrogens (primary N) is 1. The van der Waals surface area contributed by atoms with E-state index in [9.17, 15) is 4.79 Å². The number of hydrogen-bond acceptors (Lipinski definition) is 9. The average molecular weight is 395 g/mol. The van der Waals surface area contributed by atoms with Crippen LogP contribution in [0, 0.1) is 6.92 Å². The van der Waals surface area contributed by atoms with E-state index in [1.54, 1.807) is 31.4 Å². The van der Waals surface area contributed by atoms with Crippen molar-refractivity contribution in [3.8, 4) is 11.5 Å². The fourth-order valence-electron chi connectivity index (χ4n) is 2.39. The van der Waals surface area contributed by atoms with Gasteiger partial charge >= 0.3 is 5.97 Å². The number of anilines is 3. The number of benzene rings is 2. The van der Waals surface area contributed by atoms with Crippen LogP contribution in [-0.4, -0.2) is 34.6 Å². The summed E-state index contributed by atoms with van der Waals surface area (Å²) in [5.74, 6) is 1.18. The van der Waals surface area contributed by atoms with Crippen LogP contribution in [0.3, 0.4) is 0 Å². The Kier molecular flexibility index (Phi) is 6.41. The Labute approximate surface area is 167 Å². The van der Waals surface area contributed by atoms with Gasteiger partial charge in [-0.3, -0.25) is 0 Å². The Morgan fingerprint density at radius 1 is 1.03 bits per heavy atom. The number of aromatic nitrogens is 3. The Bertz CT molecular complexity index is 979. The predicted octanol–water partition coefficient (Wildman–Crippen LogP) is 2.64. The van der Waals surface area contributed by atoms with Crippen LogP contribution in [0.5, 0.6) is 11.5 Å². The van der Waals surface area contributed by atoms with Crippen molar-refractivity contribution >= 4 is 23.6 Å². The molecule has 0 unspecified atom stereocenters. The van der Waals surface area contributed by atoms with Gasteiger partial charge in [0.15, 0.2) is 19.0 Å². The Morgan fingerprint density at radius 3 is 2.48 bits per heavy atom. The Balaban J connectivity index is 1.55. The zero-order valence-electron chi connectivity index (χ0n) is 16.1. The number of methoxy groups -OCH3 is 1. The molecule has 3 rings (SSSR count). The maximum atomic E-state index is 11.9. The lowest BCUT2D eigenvalue weighted by atomic mass is 10.2. The number of nitrogens with one attached hydrogen (secondary N) is 1. The summed E-state index contributed by atoms with van der Waals surface area (Å²) in [6.07, 6.45) is 0. The fraction of sp³-hybridized carbons (Fsp3) is 0.200. The van der Waals surface area contributed by atoms with Crippen molar-refractivity contribution in [1.82, 2.24) is 15.0 Å². The molecule has 0 fully saturated rings. The molecule has 150 valence electrons. The van der Waals surface area contributed by atoms with E-state index in [-0.39, 0.29) is 30.9 Å². The van der Waals surface area contributed by atoms with E-state index < -0.39 is 5.97 Å². The standard InChI is InChI=1S/C20H21N5O4/c1-13-5-3-4-6-16(13)22-20-24-17(23-19(21)25-20)11-29-18(26)12-28-15-9-7-14(27-2)8-10-15/h3-10H,11-12H2,1-2H3,(H3,21,22,23,24,25). The number of nitrogens with zero attached hydrogens (tertiary/aromatic N) is 3. The van der Waals surface area contributed by atoms with Gasteiger partial charge < -0.3 is 25.3 Å². The van der Waals surface area contributed by atoms with Gasteiger partial charge in [0, 0.05) is 5.69 Å². The third-order valence-corrected chi connectivity index (χ3v) is 3.87. The van der Waals surface area contributed by atoms with E-state index in [1.807, 2.05) is 31.2 Å². The number of nitrogen functional groups attached to an aromatic ring is 1. The van der Waals surface area contributed by atoms with Crippen LogP contribution in [0.25, 0.3) is 0 Å². The fourth-order valence-corrected chi connectivity index (χ4v) is 2.39. The molecule has 0 aliphatic heterocycles.